The van der Waals surface area contributed by atoms with E-state index in [-0.39, 0.29) is 11.1 Å². The standard InChI is InChI=1S/C13H14ClNO3/c1-8(2)17-13-11(10(14)12(16)18-13)15-9-6-4-3-5-7-9/h3-8,13,15H,1-2H3/t13-/m1/s1. The molecule has 0 aliphatic carbocycles. The predicted octanol–water partition coefficient (Wildman–Crippen LogP) is 2.86. The molecule has 0 spiro atoms. The molecule has 0 aromatic heterocycles. The van der Waals surface area contributed by atoms with Crippen LogP contribution in [-0.4, -0.2) is 18.4 Å². The van der Waals surface area contributed by atoms with Crippen LogP contribution in [0.5, 0.6) is 0 Å². The molecule has 0 bridgehead atoms. The Labute approximate surface area is 111 Å². The number of rotatable bonds is 4. The van der Waals surface area contributed by atoms with Crippen molar-refractivity contribution < 1.29 is 14.3 Å². The van der Waals surface area contributed by atoms with Crippen LogP contribution in [0.4, 0.5) is 5.69 Å². The minimum atomic E-state index is -0.773. The summed E-state index contributed by atoms with van der Waals surface area (Å²) < 4.78 is 10.5. The highest BCUT2D eigenvalue weighted by atomic mass is 35.5. The SMILES string of the molecule is CC(C)O[C@@H]1OC(=O)C(Cl)=C1Nc1ccccc1. The number of para-hydroxylation sites is 1. The van der Waals surface area contributed by atoms with Crippen molar-refractivity contribution in [3.63, 3.8) is 0 Å². The van der Waals surface area contributed by atoms with E-state index in [1.807, 2.05) is 44.2 Å². The topological polar surface area (TPSA) is 47.6 Å². The molecular formula is C13H14ClNO3. The highest BCUT2D eigenvalue weighted by molar-refractivity contribution is 6.42. The average Bonchev–Trinajstić information content (AvgIpc) is 2.58. The van der Waals surface area contributed by atoms with Crippen LogP contribution in [0.1, 0.15) is 13.8 Å². The predicted molar refractivity (Wildman–Crippen MR) is 69.0 cm³/mol. The van der Waals surface area contributed by atoms with Crippen molar-refractivity contribution in [1.82, 2.24) is 0 Å². The normalized spacial score (nSPS) is 19.3. The molecule has 0 saturated carbocycles. The molecule has 5 heteroatoms. The Hall–Kier alpha value is -1.52. The number of hydrogen-bond acceptors (Lipinski definition) is 4. The van der Waals surface area contributed by atoms with Gasteiger partial charge in [0.1, 0.15) is 5.70 Å². The van der Waals surface area contributed by atoms with Crippen LogP contribution in [0.25, 0.3) is 0 Å². The number of esters is 1. The van der Waals surface area contributed by atoms with Crippen molar-refractivity contribution in [2.24, 2.45) is 0 Å². The summed E-state index contributed by atoms with van der Waals surface area (Å²) in [6.45, 7) is 3.72. The van der Waals surface area contributed by atoms with Crippen LogP contribution in [0, 0.1) is 0 Å². The number of anilines is 1. The summed E-state index contributed by atoms with van der Waals surface area (Å²) in [4.78, 5) is 11.4. The Bertz CT molecular complexity index is 470. The summed E-state index contributed by atoms with van der Waals surface area (Å²) in [5.41, 5.74) is 1.27. The zero-order valence-electron chi connectivity index (χ0n) is 10.1. The van der Waals surface area contributed by atoms with Gasteiger partial charge >= 0.3 is 5.97 Å². The number of carbonyl (C=O) groups excluding carboxylic acids is 1. The maximum atomic E-state index is 11.4. The molecule has 0 unspecified atom stereocenters. The molecule has 0 saturated heterocycles. The first-order chi connectivity index (χ1) is 8.58. The van der Waals surface area contributed by atoms with E-state index >= 15 is 0 Å². The van der Waals surface area contributed by atoms with E-state index < -0.39 is 12.3 Å². The Morgan fingerprint density at radius 2 is 2.00 bits per heavy atom. The van der Waals surface area contributed by atoms with E-state index in [9.17, 15) is 4.79 Å². The molecule has 1 aliphatic rings. The van der Waals surface area contributed by atoms with Gasteiger partial charge in [-0.05, 0) is 26.0 Å². The third-order valence-corrected chi connectivity index (χ3v) is 2.67. The molecule has 0 fully saturated rings. The van der Waals surface area contributed by atoms with Gasteiger partial charge in [-0.15, -0.1) is 0 Å². The number of carbonyl (C=O) groups is 1. The Balaban J connectivity index is 2.19. The van der Waals surface area contributed by atoms with Gasteiger partial charge in [0.15, 0.2) is 5.03 Å². The van der Waals surface area contributed by atoms with Gasteiger partial charge in [0.2, 0.25) is 6.29 Å². The third-order valence-electron chi connectivity index (χ3n) is 2.31. The molecule has 1 aromatic rings. The van der Waals surface area contributed by atoms with Crippen molar-refractivity contribution >= 4 is 23.3 Å². The number of halogens is 1. The molecule has 1 aliphatic heterocycles. The van der Waals surface area contributed by atoms with Crippen molar-refractivity contribution in [2.45, 2.75) is 26.2 Å². The van der Waals surface area contributed by atoms with E-state index in [1.54, 1.807) is 0 Å². The van der Waals surface area contributed by atoms with Gasteiger partial charge < -0.3 is 14.8 Å². The van der Waals surface area contributed by atoms with Crippen molar-refractivity contribution in [3.8, 4) is 0 Å². The van der Waals surface area contributed by atoms with E-state index in [1.165, 1.54) is 0 Å². The molecule has 0 amide bonds. The minimum absolute atomic E-state index is 0.0319. The van der Waals surface area contributed by atoms with E-state index in [0.29, 0.717) is 5.70 Å². The highest BCUT2D eigenvalue weighted by Gasteiger charge is 2.34. The second kappa shape index (κ2) is 5.42. The lowest BCUT2D eigenvalue weighted by molar-refractivity contribution is -0.165. The molecular weight excluding hydrogens is 254 g/mol. The second-order valence-electron chi connectivity index (χ2n) is 4.14. The van der Waals surface area contributed by atoms with Crippen molar-refractivity contribution in [1.29, 1.82) is 0 Å². The summed E-state index contributed by atoms with van der Waals surface area (Å²) in [5, 5.41) is 3.09. The fourth-order valence-corrected chi connectivity index (χ4v) is 1.74. The quantitative estimate of drug-likeness (QED) is 0.852. The number of ether oxygens (including phenoxy) is 2. The summed E-state index contributed by atoms with van der Waals surface area (Å²) in [5.74, 6) is -0.569. The molecule has 1 N–H and O–H groups in total. The number of nitrogens with one attached hydrogen (secondary N) is 1. The van der Waals surface area contributed by atoms with Crippen LogP contribution in [0.15, 0.2) is 41.1 Å². The molecule has 4 nitrogen and oxygen atoms in total. The van der Waals surface area contributed by atoms with Gasteiger partial charge in [0.05, 0.1) is 6.10 Å². The van der Waals surface area contributed by atoms with E-state index in [2.05, 4.69) is 5.32 Å². The van der Waals surface area contributed by atoms with E-state index in [4.69, 9.17) is 21.1 Å². The van der Waals surface area contributed by atoms with Gasteiger partial charge in [-0.3, -0.25) is 0 Å². The van der Waals surface area contributed by atoms with Crippen LogP contribution >= 0.6 is 11.6 Å². The smallest absolute Gasteiger partial charge is 0.354 e. The van der Waals surface area contributed by atoms with Crippen molar-refractivity contribution in [3.05, 3.63) is 41.1 Å². The first-order valence-corrected chi connectivity index (χ1v) is 6.04. The maximum absolute atomic E-state index is 11.4. The molecule has 18 heavy (non-hydrogen) atoms. The fourth-order valence-electron chi connectivity index (χ4n) is 1.56. The molecule has 2 rings (SSSR count). The summed E-state index contributed by atoms with van der Waals surface area (Å²) in [6, 6.07) is 9.40. The Morgan fingerprint density at radius 1 is 1.33 bits per heavy atom. The van der Waals surface area contributed by atoms with Crippen molar-refractivity contribution in [2.75, 3.05) is 5.32 Å². The number of cyclic esters (lactones) is 1. The zero-order valence-corrected chi connectivity index (χ0v) is 10.9. The molecule has 0 radical (unpaired) electrons. The average molecular weight is 268 g/mol. The van der Waals surface area contributed by atoms with Gasteiger partial charge in [0, 0.05) is 5.69 Å². The first kappa shape index (κ1) is 12.9. The van der Waals surface area contributed by atoms with Gasteiger partial charge in [0.25, 0.3) is 0 Å². The van der Waals surface area contributed by atoms with Crippen LogP contribution < -0.4 is 5.32 Å². The largest absolute Gasteiger partial charge is 0.425 e. The molecule has 1 aromatic carbocycles. The lowest BCUT2D eigenvalue weighted by atomic mass is 10.3. The molecule has 96 valence electrons. The molecule has 1 atom stereocenters. The lowest BCUT2D eigenvalue weighted by Gasteiger charge is -2.18. The molecule has 1 heterocycles. The van der Waals surface area contributed by atoms with Gasteiger partial charge in [-0.25, -0.2) is 4.79 Å². The Morgan fingerprint density at radius 3 is 2.61 bits per heavy atom. The fraction of sp³-hybridized carbons (Fsp3) is 0.308. The number of hydrogen-bond donors (Lipinski definition) is 1. The van der Waals surface area contributed by atoms with Gasteiger partial charge in [-0.1, -0.05) is 29.8 Å². The highest BCUT2D eigenvalue weighted by Crippen LogP contribution is 2.28. The number of benzene rings is 1. The van der Waals surface area contributed by atoms with Crippen LogP contribution in [-0.2, 0) is 14.3 Å². The summed E-state index contributed by atoms with van der Waals surface area (Å²) in [7, 11) is 0. The van der Waals surface area contributed by atoms with Crippen LogP contribution in [0.2, 0.25) is 0 Å². The van der Waals surface area contributed by atoms with Crippen LogP contribution in [0.3, 0.4) is 0 Å². The maximum Gasteiger partial charge on any atom is 0.354 e. The van der Waals surface area contributed by atoms with Gasteiger partial charge in [-0.2, -0.15) is 0 Å². The second-order valence-corrected chi connectivity index (χ2v) is 4.52. The zero-order chi connectivity index (χ0) is 13.1. The first-order valence-electron chi connectivity index (χ1n) is 5.66. The third kappa shape index (κ3) is 2.83. The summed E-state index contributed by atoms with van der Waals surface area (Å²) >= 11 is 5.92. The lowest BCUT2D eigenvalue weighted by Crippen LogP contribution is -2.23. The minimum Gasteiger partial charge on any atom is -0.425 e. The monoisotopic (exact) mass is 267 g/mol. The summed E-state index contributed by atoms with van der Waals surface area (Å²) in [6.07, 6.45) is -0.844. The Kier molecular flexibility index (Phi) is 3.89. The van der Waals surface area contributed by atoms with E-state index in [0.717, 1.165) is 5.69 Å².